The Balaban J connectivity index is 1.99. The van der Waals surface area contributed by atoms with Gasteiger partial charge in [-0.2, -0.15) is 0 Å². The molecule has 1 heterocycles. The summed E-state index contributed by atoms with van der Waals surface area (Å²) in [5, 5.41) is 8.71. The third kappa shape index (κ3) is 3.30. The predicted octanol–water partition coefficient (Wildman–Crippen LogP) is 1.97. The van der Waals surface area contributed by atoms with Crippen LogP contribution < -0.4 is 0 Å². The summed E-state index contributed by atoms with van der Waals surface area (Å²) in [7, 11) is 0. The Bertz CT molecular complexity index is 462. The van der Waals surface area contributed by atoms with Crippen LogP contribution in [-0.2, 0) is 0 Å². The van der Waals surface area contributed by atoms with Crippen molar-refractivity contribution < 1.29 is 0 Å². The van der Waals surface area contributed by atoms with Crippen LogP contribution in [0.3, 0.4) is 0 Å². The van der Waals surface area contributed by atoms with Crippen LogP contribution in [0.15, 0.2) is 30.3 Å². The second-order valence-corrected chi connectivity index (χ2v) is 4.98. The molecule has 0 N–H and O–H groups in total. The molecule has 0 unspecified atom stereocenters. The topological polar surface area (TPSA) is 27.0 Å². The molecule has 1 aliphatic rings. The normalized spacial score (nSPS) is 15.1. The van der Waals surface area contributed by atoms with Crippen LogP contribution >= 0.6 is 0 Å². The van der Waals surface area contributed by atoms with Crippen molar-refractivity contribution in [3.63, 3.8) is 0 Å². The molecule has 1 aromatic rings. The third-order valence-electron chi connectivity index (χ3n) is 2.88. The second-order valence-electron chi connectivity index (χ2n) is 4.10. The first-order valence-electron chi connectivity index (χ1n) is 5.77. The summed E-state index contributed by atoms with van der Waals surface area (Å²) < 4.78 is 1.20. The molecule has 0 atom stereocenters. The van der Waals surface area contributed by atoms with E-state index < -0.39 is 0 Å². The van der Waals surface area contributed by atoms with Gasteiger partial charge in [0.1, 0.15) is 0 Å². The molecule has 0 spiro atoms. The number of rotatable bonds is 3. The van der Waals surface area contributed by atoms with Crippen molar-refractivity contribution in [1.82, 2.24) is 4.90 Å². The van der Waals surface area contributed by atoms with Gasteiger partial charge >= 0.3 is 110 Å². The number of nitriles is 1. The summed E-state index contributed by atoms with van der Waals surface area (Å²) >= 11 is 3.12. The standard InChI is InChI=1S/C14H14N2Se/c15-11-13-5-3-12(4-6-13)7-8-14(17)16-9-1-2-10-16/h3-8H,1-2,9-10H2/b8-7+. The molecule has 2 nitrogen and oxygen atoms in total. The number of benzene rings is 1. The fourth-order valence-electron chi connectivity index (χ4n) is 1.88. The maximum atomic E-state index is 8.71. The van der Waals surface area contributed by atoms with Crippen LogP contribution in [0, 0.1) is 11.3 Å². The monoisotopic (exact) mass is 290 g/mol. The summed E-state index contributed by atoms with van der Waals surface area (Å²) in [6, 6.07) is 9.73. The predicted molar refractivity (Wildman–Crippen MR) is 71.8 cm³/mol. The molecule has 2 rings (SSSR count). The van der Waals surface area contributed by atoms with E-state index in [9.17, 15) is 0 Å². The molecule has 0 saturated carbocycles. The van der Waals surface area contributed by atoms with E-state index in [1.165, 1.54) is 17.4 Å². The molecule has 1 saturated heterocycles. The molecule has 1 fully saturated rings. The summed E-state index contributed by atoms with van der Waals surface area (Å²) in [5.41, 5.74) is 1.82. The van der Waals surface area contributed by atoms with Crippen LogP contribution in [0.5, 0.6) is 0 Å². The van der Waals surface area contributed by atoms with E-state index in [1.807, 2.05) is 24.3 Å². The van der Waals surface area contributed by atoms with Crippen LogP contribution in [0.1, 0.15) is 24.0 Å². The number of hydrogen-bond acceptors (Lipinski definition) is 2. The van der Waals surface area contributed by atoms with Gasteiger partial charge in [-0.1, -0.05) is 0 Å². The first kappa shape index (κ1) is 12.1. The molecule has 86 valence electrons. The second kappa shape index (κ2) is 5.82. The van der Waals surface area contributed by atoms with Gasteiger partial charge in [0.15, 0.2) is 0 Å². The van der Waals surface area contributed by atoms with Crippen LogP contribution in [-0.4, -0.2) is 38.1 Å². The van der Waals surface area contributed by atoms with Crippen LogP contribution in [0.25, 0.3) is 6.08 Å². The van der Waals surface area contributed by atoms with Gasteiger partial charge < -0.3 is 0 Å². The Morgan fingerprint density at radius 2 is 1.88 bits per heavy atom. The van der Waals surface area contributed by atoms with E-state index in [1.54, 1.807) is 0 Å². The first-order valence-corrected chi connectivity index (χ1v) is 6.62. The van der Waals surface area contributed by atoms with Gasteiger partial charge in [-0.3, -0.25) is 0 Å². The van der Waals surface area contributed by atoms with E-state index >= 15 is 0 Å². The van der Waals surface area contributed by atoms with Crippen LogP contribution in [0.2, 0.25) is 0 Å². The molecule has 0 aromatic heterocycles. The molecule has 0 aliphatic carbocycles. The van der Waals surface area contributed by atoms with Crippen molar-refractivity contribution in [2.45, 2.75) is 12.8 Å². The summed E-state index contributed by atoms with van der Waals surface area (Å²) in [4.78, 5) is 2.36. The minimum absolute atomic E-state index is 0.703. The Morgan fingerprint density at radius 3 is 2.47 bits per heavy atom. The Labute approximate surface area is 110 Å². The summed E-state index contributed by atoms with van der Waals surface area (Å²) in [5.74, 6) is 0. The van der Waals surface area contributed by atoms with Crippen molar-refractivity contribution in [1.29, 1.82) is 5.26 Å². The average Bonchev–Trinajstić information content (AvgIpc) is 2.90. The minimum atomic E-state index is 0.703. The molecule has 3 heteroatoms. The Kier molecular flexibility index (Phi) is 4.14. The fraction of sp³-hybridized carbons (Fsp3) is 0.286. The molecular weight excluding hydrogens is 275 g/mol. The quantitative estimate of drug-likeness (QED) is 0.795. The molecular formula is C14H14N2Se. The number of hydrogen-bond donors (Lipinski definition) is 0. The Morgan fingerprint density at radius 1 is 1.24 bits per heavy atom. The van der Waals surface area contributed by atoms with Crippen molar-refractivity contribution in [2.75, 3.05) is 13.1 Å². The van der Waals surface area contributed by atoms with Gasteiger partial charge in [0.05, 0.1) is 0 Å². The molecule has 1 aliphatic heterocycles. The van der Waals surface area contributed by atoms with E-state index in [0.717, 1.165) is 18.7 Å². The van der Waals surface area contributed by atoms with Crippen molar-refractivity contribution in [3.8, 4) is 6.07 Å². The third-order valence-corrected chi connectivity index (χ3v) is 3.70. The van der Waals surface area contributed by atoms with Gasteiger partial charge in [0, 0.05) is 0 Å². The van der Waals surface area contributed by atoms with Gasteiger partial charge in [-0.25, -0.2) is 0 Å². The zero-order chi connectivity index (χ0) is 12.1. The average molecular weight is 289 g/mol. The zero-order valence-electron chi connectivity index (χ0n) is 9.60. The van der Waals surface area contributed by atoms with Crippen LogP contribution in [0.4, 0.5) is 0 Å². The van der Waals surface area contributed by atoms with Gasteiger partial charge in [0.2, 0.25) is 0 Å². The van der Waals surface area contributed by atoms with E-state index in [0.29, 0.717) is 5.56 Å². The number of likely N-dealkylation sites (tertiary alicyclic amines) is 1. The van der Waals surface area contributed by atoms with E-state index in [4.69, 9.17) is 5.26 Å². The molecule has 0 radical (unpaired) electrons. The van der Waals surface area contributed by atoms with Crippen molar-refractivity contribution >= 4 is 26.2 Å². The Hall–Kier alpha value is -1.36. The maximum absolute atomic E-state index is 8.71. The van der Waals surface area contributed by atoms with Crippen molar-refractivity contribution in [3.05, 3.63) is 41.5 Å². The van der Waals surface area contributed by atoms with Crippen molar-refractivity contribution in [2.24, 2.45) is 0 Å². The molecule has 0 amide bonds. The van der Waals surface area contributed by atoms with E-state index in [-0.39, 0.29) is 0 Å². The van der Waals surface area contributed by atoms with Gasteiger partial charge in [-0.05, 0) is 0 Å². The number of nitrogens with zero attached hydrogens (tertiary/aromatic N) is 2. The molecule has 1 aromatic carbocycles. The molecule has 17 heavy (non-hydrogen) atoms. The summed E-state index contributed by atoms with van der Waals surface area (Å²) in [6.45, 7) is 2.31. The van der Waals surface area contributed by atoms with Gasteiger partial charge in [0.25, 0.3) is 0 Å². The first-order chi connectivity index (χ1) is 8.29. The summed E-state index contributed by atoms with van der Waals surface area (Å²) in [6.07, 6.45) is 6.75. The van der Waals surface area contributed by atoms with E-state index in [2.05, 4.69) is 38.7 Å². The molecule has 0 bridgehead atoms. The SMILES string of the molecule is N#Cc1ccc(/C=C/C(=[Se])N2CCCC2)cc1. The fourth-order valence-corrected chi connectivity index (χ4v) is 2.41. The van der Waals surface area contributed by atoms with Gasteiger partial charge in [-0.15, -0.1) is 0 Å². The zero-order valence-corrected chi connectivity index (χ0v) is 11.3.